The zero-order valence-corrected chi connectivity index (χ0v) is 16.1. The molecule has 2 aromatic carbocycles. The summed E-state index contributed by atoms with van der Waals surface area (Å²) in [7, 11) is -2.95. The number of ether oxygens (including phenoxy) is 1. The number of methoxy groups -OCH3 is 1. The van der Waals surface area contributed by atoms with Crippen molar-refractivity contribution >= 4 is 27.2 Å². The Bertz CT molecular complexity index is 1070. The van der Waals surface area contributed by atoms with Crippen molar-refractivity contribution in [2.45, 2.75) is 17.2 Å². The number of carbonyl (C=O) groups excluding carboxylic acids is 1. The van der Waals surface area contributed by atoms with Crippen LogP contribution in [0.25, 0.3) is 0 Å². The van der Waals surface area contributed by atoms with Crippen molar-refractivity contribution in [1.29, 1.82) is 0 Å². The van der Waals surface area contributed by atoms with Crippen molar-refractivity contribution in [3.63, 3.8) is 0 Å². The Morgan fingerprint density at radius 2 is 1.55 bits per heavy atom. The minimum Gasteiger partial charge on any atom is -0.495 e. The Morgan fingerprint density at radius 3 is 1.97 bits per heavy atom. The number of hydrogen-bond donors (Lipinski definition) is 0. The second-order valence-corrected chi connectivity index (χ2v) is 8.27. The lowest BCUT2D eigenvalue weighted by Crippen LogP contribution is -2.16. The van der Waals surface area contributed by atoms with Crippen LogP contribution in [0, 0.1) is 0 Å². The summed E-state index contributed by atoms with van der Waals surface area (Å²) in [5.74, 6) is -2.41. The van der Waals surface area contributed by atoms with Gasteiger partial charge in [-0.25, -0.2) is 8.42 Å². The summed E-state index contributed by atoms with van der Waals surface area (Å²) in [4.78, 5) is 12.4. The molecule has 0 saturated heterocycles. The van der Waals surface area contributed by atoms with Crippen LogP contribution in [-0.4, -0.2) is 27.6 Å². The summed E-state index contributed by atoms with van der Waals surface area (Å²) < 4.78 is 107. The summed E-state index contributed by atoms with van der Waals surface area (Å²) in [6, 6.07) is 2.78. The molecule has 0 spiro atoms. The van der Waals surface area contributed by atoms with Crippen molar-refractivity contribution in [1.82, 2.24) is 0 Å². The predicted octanol–water partition coefficient (Wildman–Crippen LogP) is 5.02. The van der Waals surface area contributed by atoms with Crippen LogP contribution in [0.15, 0.2) is 35.2 Å². The minimum absolute atomic E-state index is 0.163. The van der Waals surface area contributed by atoms with Crippen LogP contribution < -0.4 is 4.74 Å². The van der Waals surface area contributed by atoms with Crippen LogP contribution in [0.4, 0.5) is 26.3 Å². The van der Waals surface area contributed by atoms with Gasteiger partial charge in [-0.15, -0.1) is 0 Å². The number of rotatable bonds is 4. The van der Waals surface area contributed by atoms with Crippen molar-refractivity contribution in [2.24, 2.45) is 0 Å². The lowest BCUT2D eigenvalue weighted by atomic mass is 9.96. The topological polar surface area (TPSA) is 60.4 Å². The number of alkyl halides is 6. The highest BCUT2D eigenvalue weighted by molar-refractivity contribution is 7.90. The third kappa shape index (κ3) is 4.84. The van der Waals surface area contributed by atoms with Gasteiger partial charge in [-0.3, -0.25) is 4.79 Å². The molecule has 12 heteroatoms. The molecule has 0 N–H and O–H groups in total. The molecule has 0 amide bonds. The zero-order valence-electron chi connectivity index (χ0n) is 14.6. The van der Waals surface area contributed by atoms with Crippen molar-refractivity contribution < 1.29 is 44.3 Å². The predicted molar refractivity (Wildman–Crippen MR) is 91.0 cm³/mol. The molecule has 0 heterocycles. The normalized spacial score (nSPS) is 12.7. The van der Waals surface area contributed by atoms with Gasteiger partial charge < -0.3 is 4.74 Å². The quantitative estimate of drug-likeness (QED) is 0.475. The van der Waals surface area contributed by atoms with Gasteiger partial charge in [0.2, 0.25) is 0 Å². The SMILES string of the molecule is COc1c(C(=O)c2ccc(S(C)(=O)=O)cc2Cl)cc(C(F)(F)F)cc1C(F)(F)F. The highest BCUT2D eigenvalue weighted by Gasteiger charge is 2.41. The third-order valence-corrected chi connectivity index (χ3v) is 5.21. The molecule has 0 radical (unpaired) electrons. The third-order valence-electron chi connectivity index (χ3n) is 3.78. The maximum absolute atomic E-state index is 13.3. The van der Waals surface area contributed by atoms with Gasteiger partial charge in [0.25, 0.3) is 0 Å². The molecular weight excluding hydrogens is 450 g/mol. The maximum Gasteiger partial charge on any atom is 0.420 e. The van der Waals surface area contributed by atoms with E-state index in [9.17, 15) is 39.6 Å². The molecule has 158 valence electrons. The molecule has 0 unspecified atom stereocenters. The van der Waals surface area contributed by atoms with Gasteiger partial charge in [-0.2, -0.15) is 26.3 Å². The second kappa shape index (κ2) is 7.52. The summed E-state index contributed by atoms with van der Waals surface area (Å²) in [6.45, 7) is 0. The monoisotopic (exact) mass is 460 g/mol. The summed E-state index contributed by atoms with van der Waals surface area (Å²) >= 11 is 5.86. The average molecular weight is 461 g/mol. The van der Waals surface area contributed by atoms with Crippen LogP contribution in [0.1, 0.15) is 27.0 Å². The smallest absolute Gasteiger partial charge is 0.420 e. The van der Waals surface area contributed by atoms with Crippen molar-refractivity contribution in [2.75, 3.05) is 13.4 Å². The lowest BCUT2D eigenvalue weighted by Gasteiger charge is -2.18. The van der Waals surface area contributed by atoms with Gasteiger partial charge in [-0.1, -0.05) is 11.6 Å². The first-order valence-corrected chi connectivity index (χ1v) is 9.75. The number of carbonyl (C=O) groups is 1. The van der Waals surface area contributed by atoms with Gasteiger partial charge in [-0.05, 0) is 30.3 Å². The molecule has 0 fully saturated rings. The molecule has 4 nitrogen and oxygen atoms in total. The fraction of sp³-hybridized carbons (Fsp3) is 0.235. The van der Waals surface area contributed by atoms with E-state index >= 15 is 0 Å². The van der Waals surface area contributed by atoms with Gasteiger partial charge in [0.05, 0.1) is 33.7 Å². The Morgan fingerprint density at radius 1 is 0.966 bits per heavy atom. The minimum atomic E-state index is -5.24. The van der Waals surface area contributed by atoms with Crippen LogP contribution in [0.3, 0.4) is 0 Å². The van der Waals surface area contributed by atoms with E-state index < -0.39 is 61.0 Å². The van der Waals surface area contributed by atoms with Gasteiger partial charge in [0, 0.05) is 11.8 Å². The van der Waals surface area contributed by atoms with Gasteiger partial charge in [0.15, 0.2) is 15.6 Å². The molecule has 0 aliphatic heterocycles. The molecule has 0 bridgehead atoms. The maximum atomic E-state index is 13.3. The molecule has 0 atom stereocenters. The number of ketones is 1. The number of benzene rings is 2. The fourth-order valence-corrected chi connectivity index (χ4v) is 3.43. The van der Waals surface area contributed by atoms with Crippen LogP contribution in [0.5, 0.6) is 5.75 Å². The van der Waals surface area contributed by atoms with Crippen LogP contribution >= 0.6 is 11.6 Å². The average Bonchev–Trinajstić information content (AvgIpc) is 2.57. The van der Waals surface area contributed by atoms with Crippen molar-refractivity contribution in [3.8, 4) is 5.75 Å². The number of hydrogen-bond acceptors (Lipinski definition) is 4. The lowest BCUT2D eigenvalue weighted by molar-refractivity contribution is -0.143. The van der Waals surface area contributed by atoms with E-state index in [2.05, 4.69) is 4.74 Å². The van der Waals surface area contributed by atoms with Crippen LogP contribution in [-0.2, 0) is 22.2 Å². The first kappa shape index (κ1) is 23.0. The number of halogens is 7. The van der Waals surface area contributed by atoms with E-state index in [-0.39, 0.29) is 17.0 Å². The Balaban J connectivity index is 2.78. The first-order chi connectivity index (χ1) is 13.1. The molecule has 0 aliphatic rings. The zero-order chi connectivity index (χ0) is 22.4. The Hall–Kier alpha value is -2.27. The first-order valence-electron chi connectivity index (χ1n) is 7.48. The summed E-state index contributed by atoms with van der Waals surface area (Å²) in [6.07, 6.45) is -9.57. The number of sulfone groups is 1. The molecule has 0 aliphatic carbocycles. The second-order valence-electron chi connectivity index (χ2n) is 5.84. The fourth-order valence-electron chi connectivity index (χ4n) is 2.45. The highest BCUT2D eigenvalue weighted by atomic mass is 35.5. The van der Waals surface area contributed by atoms with E-state index in [1.54, 1.807) is 0 Å². The molecule has 0 saturated carbocycles. The molecule has 29 heavy (non-hydrogen) atoms. The molecule has 2 aromatic rings. The Kier molecular flexibility index (Phi) is 5.97. The standard InChI is InChI=1S/C17H11ClF6O4S/c1-28-15-11(5-8(16(19,20)21)6-12(15)17(22,23)24)14(25)10-4-3-9(7-13(10)18)29(2,26)27/h3-7H,1-2H3. The highest BCUT2D eigenvalue weighted by Crippen LogP contribution is 2.43. The largest absolute Gasteiger partial charge is 0.495 e. The summed E-state index contributed by atoms with van der Waals surface area (Å²) in [5, 5.41) is -0.467. The van der Waals surface area contributed by atoms with E-state index in [1.807, 2.05) is 0 Å². The van der Waals surface area contributed by atoms with E-state index in [4.69, 9.17) is 11.6 Å². The van der Waals surface area contributed by atoms with Gasteiger partial charge in [0.1, 0.15) is 5.75 Å². The van der Waals surface area contributed by atoms with E-state index in [1.165, 1.54) is 0 Å². The Labute approximate surface area is 166 Å². The van der Waals surface area contributed by atoms with Crippen molar-refractivity contribution in [3.05, 3.63) is 57.6 Å². The molecular formula is C17H11ClF6O4S. The van der Waals surface area contributed by atoms with E-state index in [0.717, 1.165) is 31.6 Å². The summed E-state index contributed by atoms with van der Waals surface area (Å²) in [5.41, 5.74) is -5.02. The molecule has 2 rings (SSSR count). The molecule has 0 aromatic heterocycles. The van der Waals surface area contributed by atoms with Crippen LogP contribution in [0.2, 0.25) is 5.02 Å². The van der Waals surface area contributed by atoms with Gasteiger partial charge >= 0.3 is 12.4 Å². The van der Waals surface area contributed by atoms with E-state index in [0.29, 0.717) is 0 Å².